The summed E-state index contributed by atoms with van der Waals surface area (Å²) in [7, 11) is 0. The quantitative estimate of drug-likeness (QED) is 0.863. The second-order valence-electron chi connectivity index (χ2n) is 3.32. The Morgan fingerprint density at radius 1 is 1.19 bits per heavy atom. The van der Waals surface area contributed by atoms with Crippen molar-refractivity contribution in [3.8, 4) is 11.4 Å². The van der Waals surface area contributed by atoms with Gasteiger partial charge in [0, 0.05) is 10.0 Å². The van der Waals surface area contributed by atoms with E-state index in [1.165, 1.54) is 0 Å². The molecule has 0 fully saturated rings. The van der Waals surface area contributed by atoms with Crippen LogP contribution in [0.1, 0.15) is 5.69 Å². The number of aryl methyl sites for hydroxylation is 1. The Balaban J connectivity index is 2.57. The van der Waals surface area contributed by atoms with Crippen molar-refractivity contribution < 1.29 is 0 Å². The fraction of sp³-hybridized carbons (Fsp3) is 0.0909. The van der Waals surface area contributed by atoms with E-state index in [1.54, 1.807) is 6.92 Å². The van der Waals surface area contributed by atoms with Crippen molar-refractivity contribution in [1.29, 1.82) is 0 Å². The third-order valence-corrected chi connectivity index (χ3v) is 3.61. The topological polar surface area (TPSA) is 45.8 Å². The molecule has 0 bridgehead atoms. The minimum atomic E-state index is -0.162. The van der Waals surface area contributed by atoms with Crippen LogP contribution in [0.25, 0.3) is 11.4 Å². The van der Waals surface area contributed by atoms with E-state index in [2.05, 4.69) is 41.8 Å². The van der Waals surface area contributed by atoms with Gasteiger partial charge in [0.2, 0.25) is 0 Å². The number of rotatable bonds is 1. The Labute approximate surface area is 109 Å². The number of aromatic nitrogens is 2. The molecule has 2 aromatic rings. The molecule has 1 heterocycles. The van der Waals surface area contributed by atoms with Gasteiger partial charge in [-0.2, -0.15) is 0 Å². The first-order chi connectivity index (χ1) is 7.58. The van der Waals surface area contributed by atoms with E-state index in [4.69, 9.17) is 0 Å². The third kappa shape index (κ3) is 2.25. The first-order valence-corrected chi connectivity index (χ1v) is 6.19. The molecule has 1 N–H and O–H groups in total. The number of hydrogen-bond acceptors (Lipinski definition) is 2. The molecule has 0 unspecified atom stereocenters. The van der Waals surface area contributed by atoms with Gasteiger partial charge in [0.25, 0.3) is 5.56 Å². The highest BCUT2D eigenvalue weighted by atomic mass is 79.9. The summed E-state index contributed by atoms with van der Waals surface area (Å²) in [6.45, 7) is 1.79. The maximum absolute atomic E-state index is 11.5. The number of hydrogen-bond donors (Lipinski definition) is 1. The van der Waals surface area contributed by atoms with E-state index < -0.39 is 0 Å². The Kier molecular flexibility index (Phi) is 3.25. The van der Waals surface area contributed by atoms with Crippen molar-refractivity contribution >= 4 is 31.9 Å². The molecule has 0 aliphatic rings. The predicted octanol–water partition coefficient (Wildman–Crippen LogP) is 3.27. The van der Waals surface area contributed by atoms with Crippen molar-refractivity contribution in [3.63, 3.8) is 0 Å². The van der Waals surface area contributed by atoms with Crippen LogP contribution in [-0.4, -0.2) is 9.97 Å². The number of nitrogens with one attached hydrogen (secondary N) is 1. The predicted molar refractivity (Wildman–Crippen MR) is 70.4 cm³/mol. The molecule has 0 aliphatic heterocycles. The summed E-state index contributed by atoms with van der Waals surface area (Å²) in [6.07, 6.45) is 0. The van der Waals surface area contributed by atoms with Gasteiger partial charge in [0.15, 0.2) is 0 Å². The molecular weight excluding hydrogens is 336 g/mol. The van der Waals surface area contributed by atoms with Crippen molar-refractivity contribution in [2.45, 2.75) is 6.92 Å². The van der Waals surface area contributed by atoms with Gasteiger partial charge in [-0.15, -0.1) is 0 Å². The molecule has 1 aromatic carbocycles. The lowest BCUT2D eigenvalue weighted by atomic mass is 10.2. The average molecular weight is 344 g/mol. The highest BCUT2D eigenvalue weighted by molar-refractivity contribution is 9.10. The Morgan fingerprint density at radius 2 is 1.81 bits per heavy atom. The number of halogens is 2. The van der Waals surface area contributed by atoms with Gasteiger partial charge >= 0.3 is 0 Å². The largest absolute Gasteiger partial charge is 0.306 e. The maximum atomic E-state index is 11.5. The molecule has 16 heavy (non-hydrogen) atoms. The van der Waals surface area contributed by atoms with Crippen LogP contribution in [0.15, 0.2) is 38.0 Å². The zero-order valence-electron chi connectivity index (χ0n) is 8.42. The normalized spacial score (nSPS) is 10.4. The zero-order valence-corrected chi connectivity index (χ0v) is 11.6. The molecule has 1 aromatic heterocycles. The summed E-state index contributed by atoms with van der Waals surface area (Å²) >= 11 is 6.54. The lowest BCUT2D eigenvalue weighted by Gasteiger charge is -2.03. The van der Waals surface area contributed by atoms with Crippen LogP contribution in [0.5, 0.6) is 0 Å². The van der Waals surface area contributed by atoms with Crippen LogP contribution in [0.4, 0.5) is 0 Å². The monoisotopic (exact) mass is 342 g/mol. The van der Waals surface area contributed by atoms with E-state index in [0.717, 1.165) is 10.0 Å². The summed E-state index contributed by atoms with van der Waals surface area (Å²) in [5.41, 5.74) is 1.41. The lowest BCUT2D eigenvalue weighted by molar-refractivity contribution is 1.05. The summed E-state index contributed by atoms with van der Waals surface area (Å²) in [4.78, 5) is 18.6. The van der Waals surface area contributed by atoms with E-state index in [1.807, 2.05) is 24.3 Å². The van der Waals surface area contributed by atoms with Crippen molar-refractivity contribution in [1.82, 2.24) is 9.97 Å². The SMILES string of the molecule is Cc1nc(-c2ccc(Br)cc2)[nH]c(=O)c1Br. The summed E-state index contributed by atoms with van der Waals surface area (Å²) < 4.78 is 1.47. The molecule has 0 saturated heterocycles. The standard InChI is InChI=1S/C11H8Br2N2O/c1-6-9(13)11(16)15-10(14-6)7-2-4-8(12)5-3-7/h2-5H,1H3,(H,14,15,16). The fourth-order valence-corrected chi connectivity index (χ4v) is 1.77. The highest BCUT2D eigenvalue weighted by Crippen LogP contribution is 2.19. The molecule has 0 atom stereocenters. The minimum Gasteiger partial charge on any atom is -0.306 e. The molecule has 0 amide bonds. The van der Waals surface area contributed by atoms with Gasteiger partial charge < -0.3 is 4.98 Å². The number of aromatic amines is 1. The molecule has 5 heteroatoms. The Morgan fingerprint density at radius 3 is 2.38 bits per heavy atom. The number of H-pyrrole nitrogens is 1. The van der Waals surface area contributed by atoms with E-state index >= 15 is 0 Å². The van der Waals surface area contributed by atoms with Gasteiger partial charge in [0.05, 0.1) is 5.69 Å². The van der Waals surface area contributed by atoms with Crippen molar-refractivity contribution in [3.05, 3.63) is 49.3 Å². The first-order valence-electron chi connectivity index (χ1n) is 4.60. The van der Waals surface area contributed by atoms with E-state index in [0.29, 0.717) is 16.0 Å². The number of nitrogens with zero attached hydrogens (tertiary/aromatic N) is 1. The zero-order chi connectivity index (χ0) is 11.7. The Hall–Kier alpha value is -0.940. The maximum Gasteiger partial charge on any atom is 0.265 e. The smallest absolute Gasteiger partial charge is 0.265 e. The van der Waals surface area contributed by atoms with Gasteiger partial charge in [0.1, 0.15) is 10.3 Å². The molecule has 2 rings (SSSR count). The minimum absolute atomic E-state index is 0.162. The van der Waals surface area contributed by atoms with Gasteiger partial charge in [-0.25, -0.2) is 4.98 Å². The molecule has 3 nitrogen and oxygen atoms in total. The van der Waals surface area contributed by atoms with Crippen molar-refractivity contribution in [2.24, 2.45) is 0 Å². The van der Waals surface area contributed by atoms with Crippen LogP contribution >= 0.6 is 31.9 Å². The van der Waals surface area contributed by atoms with Crippen molar-refractivity contribution in [2.75, 3.05) is 0 Å². The molecule has 0 aliphatic carbocycles. The molecule has 0 saturated carbocycles. The second-order valence-corrected chi connectivity index (χ2v) is 5.03. The van der Waals surface area contributed by atoms with Crippen LogP contribution in [0.3, 0.4) is 0 Å². The molecular formula is C11H8Br2N2O. The van der Waals surface area contributed by atoms with Gasteiger partial charge in [-0.1, -0.05) is 28.1 Å². The molecule has 0 radical (unpaired) electrons. The second kappa shape index (κ2) is 4.51. The van der Waals surface area contributed by atoms with Crippen LogP contribution < -0.4 is 5.56 Å². The summed E-state index contributed by atoms with van der Waals surface area (Å²) in [5.74, 6) is 0.582. The highest BCUT2D eigenvalue weighted by Gasteiger charge is 2.06. The Bertz CT molecular complexity index is 576. The van der Waals surface area contributed by atoms with Crippen LogP contribution in [0, 0.1) is 6.92 Å². The van der Waals surface area contributed by atoms with Gasteiger partial charge in [-0.3, -0.25) is 4.79 Å². The first kappa shape index (κ1) is 11.5. The summed E-state index contributed by atoms with van der Waals surface area (Å²) in [5, 5.41) is 0. The fourth-order valence-electron chi connectivity index (χ4n) is 1.32. The van der Waals surface area contributed by atoms with E-state index in [-0.39, 0.29) is 5.56 Å². The van der Waals surface area contributed by atoms with E-state index in [9.17, 15) is 4.79 Å². The average Bonchev–Trinajstić information content (AvgIpc) is 2.26. The lowest BCUT2D eigenvalue weighted by Crippen LogP contribution is -2.11. The van der Waals surface area contributed by atoms with Crippen LogP contribution in [0.2, 0.25) is 0 Å². The number of benzene rings is 1. The summed E-state index contributed by atoms with van der Waals surface area (Å²) in [6, 6.07) is 7.62. The third-order valence-electron chi connectivity index (χ3n) is 2.15. The molecule has 82 valence electrons. The van der Waals surface area contributed by atoms with Gasteiger partial charge in [-0.05, 0) is 35.0 Å². The molecule has 0 spiro atoms. The van der Waals surface area contributed by atoms with Crippen LogP contribution in [-0.2, 0) is 0 Å².